The van der Waals surface area contributed by atoms with E-state index in [1.165, 1.54) is 0 Å². The van der Waals surface area contributed by atoms with Crippen molar-refractivity contribution in [1.29, 1.82) is 5.26 Å². The van der Waals surface area contributed by atoms with Gasteiger partial charge in [0, 0.05) is 26.2 Å². The highest BCUT2D eigenvalue weighted by atomic mass is 16.5. The van der Waals surface area contributed by atoms with Gasteiger partial charge in [0.2, 0.25) is 5.91 Å². The van der Waals surface area contributed by atoms with Crippen LogP contribution in [0.15, 0.2) is 24.3 Å². The van der Waals surface area contributed by atoms with Crippen LogP contribution in [0, 0.1) is 11.3 Å². The van der Waals surface area contributed by atoms with Crippen molar-refractivity contribution in [2.45, 2.75) is 13.0 Å². The molecule has 6 heteroatoms. The molecule has 0 saturated carbocycles. The van der Waals surface area contributed by atoms with Crippen molar-refractivity contribution in [2.75, 3.05) is 39.5 Å². The Bertz CT molecular complexity index is 522. The van der Waals surface area contributed by atoms with Crippen LogP contribution in [0.4, 0.5) is 0 Å². The van der Waals surface area contributed by atoms with E-state index in [0.717, 1.165) is 44.2 Å². The quantitative estimate of drug-likeness (QED) is 0.811. The standard InChI is InChI=1S/C16H21N3O3/c17-5-4-16(20)18-13-14-2-1-3-15(12-14)22-11-8-19-6-9-21-10-7-19/h1-3,12H,4,6-11,13H2,(H,18,20). The van der Waals surface area contributed by atoms with Crippen LogP contribution in [-0.2, 0) is 16.1 Å². The molecule has 22 heavy (non-hydrogen) atoms. The number of amides is 1. The highest BCUT2D eigenvalue weighted by Gasteiger charge is 2.09. The number of ether oxygens (including phenoxy) is 2. The third-order valence-electron chi connectivity index (χ3n) is 3.41. The minimum Gasteiger partial charge on any atom is -0.492 e. The van der Waals surface area contributed by atoms with E-state index in [1.54, 1.807) is 0 Å². The van der Waals surface area contributed by atoms with E-state index in [1.807, 2.05) is 30.3 Å². The molecular formula is C16H21N3O3. The molecule has 1 aliphatic rings. The van der Waals surface area contributed by atoms with Gasteiger partial charge in [-0.3, -0.25) is 9.69 Å². The van der Waals surface area contributed by atoms with Gasteiger partial charge in [-0.1, -0.05) is 12.1 Å². The van der Waals surface area contributed by atoms with Crippen LogP contribution < -0.4 is 10.1 Å². The summed E-state index contributed by atoms with van der Waals surface area (Å²) in [6.07, 6.45) is -0.115. The molecule has 118 valence electrons. The van der Waals surface area contributed by atoms with E-state index in [-0.39, 0.29) is 12.3 Å². The number of rotatable bonds is 7. The van der Waals surface area contributed by atoms with Gasteiger partial charge in [0.15, 0.2) is 0 Å². The first-order valence-corrected chi connectivity index (χ1v) is 7.43. The molecule has 2 rings (SSSR count). The average Bonchev–Trinajstić information content (AvgIpc) is 2.55. The van der Waals surface area contributed by atoms with Gasteiger partial charge in [0.05, 0.1) is 19.3 Å². The van der Waals surface area contributed by atoms with Gasteiger partial charge in [-0.15, -0.1) is 0 Å². The molecule has 0 radical (unpaired) electrons. The summed E-state index contributed by atoms with van der Waals surface area (Å²) >= 11 is 0. The molecule has 1 N–H and O–H groups in total. The summed E-state index contributed by atoms with van der Waals surface area (Å²) in [6.45, 7) is 5.40. The van der Waals surface area contributed by atoms with Gasteiger partial charge in [0.1, 0.15) is 18.8 Å². The highest BCUT2D eigenvalue weighted by Crippen LogP contribution is 2.13. The fourth-order valence-corrected chi connectivity index (χ4v) is 2.20. The monoisotopic (exact) mass is 303 g/mol. The van der Waals surface area contributed by atoms with Gasteiger partial charge in [-0.05, 0) is 17.7 Å². The van der Waals surface area contributed by atoms with Crippen LogP contribution in [-0.4, -0.2) is 50.3 Å². The zero-order valence-corrected chi connectivity index (χ0v) is 12.6. The van der Waals surface area contributed by atoms with E-state index in [9.17, 15) is 4.79 Å². The van der Waals surface area contributed by atoms with Crippen LogP contribution in [0.2, 0.25) is 0 Å². The number of benzene rings is 1. The predicted octanol–water partition coefficient (Wildman–Crippen LogP) is 0.927. The summed E-state index contributed by atoms with van der Waals surface area (Å²) in [5, 5.41) is 11.1. The van der Waals surface area contributed by atoms with Gasteiger partial charge in [-0.2, -0.15) is 5.26 Å². The first-order valence-electron chi connectivity index (χ1n) is 7.43. The second kappa shape index (κ2) is 9.03. The minimum absolute atomic E-state index is 0.115. The Morgan fingerprint density at radius 1 is 1.41 bits per heavy atom. The maximum Gasteiger partial charge on any atom is 0.234 e. The number of nitrogens with one attached hydrogen (secondary N) is 1. The molecule has 0 spiro atoms. The number of carbonyl (C=O) groups excluding carboxylic acids is 1. The number of morpholine rings is 1. The van der Waals surface area contributed by atoms with Crippen molar-refractivity contribution < 1.29 is 14.3 Å². The lowest BCUT2D eigenvalue weighted by Crippen LogP contribution is -2.38. The van der Waals surface area contributed by atoms with E-state index in [2.05, 4.69) is 10.2 Å². The summed E-state index contributed by atoms with van der Waals surface area (Å²) in [6, 6.07) is 9.45. The van der Waals surface area contributed by atoms with Gasteiger partial charge < -0.3 is 14.8 Å². The number of nitrogens with zero attached hydrogens (tertiary/aromatic N) is 2. The lowest BCUT2D eigenvalue weighted by molar-refractivity contribution is -0.120. The van der Waals surface area contributed by atoms with Crippen molar-refractivity contribution >= 4 is 5.91 Å². The van der Waals surface area contributed by atoms with Crippen molar-refractivity contribution in [1.82, 2.24) is 10.2 Å². The summed E-state index contributed by atoms with van der Waals surface area (Å²) in [7, 11) is 0. The lowest BCUT2D eigenvalue weighted by atomic mass is 10.2. The second-order valence-electron chi connectivity index (χ2n) is 5.06. The van der Waals surface area contributed by atoms with Gasteiger partial charge >= 0.3 is 0 Å². The molecule has 0 bridgehead atoms. The first-order chi connectivity index (χ1) is 10.8. The van der Waals surface area contributed by atoms with E-state index in [0.29, 0.717) is 13.2 Å². The normalized spacial score (nSPS) is 15.0. The lowest BCUT2D eigenvalue weighted by Gasteiger charge is -2.26. The molecule has 1 amide bonds. The Morgan fingerprint density at radius 2 is 2.23 bits per heavy atom. The number of carbonyl (C=O) groups is 1. The van der Waals surface area contributed by atoms with Crippen molar-refractivity contribution in [2.24, 2.45) is 0 Å². The van der Waals surface area contributed by atoms with Crippen LogP contribution in [0.1, 0.15) is 12.0 Å². The fraction of sp³-hybridized carbons (Fsp3) is 0.500. The van der Waals surface area contributed by atoms with Crippen LogP contribution >= 0.6 is 0 Å². The molecule has 0 aromatic heterocycles. The number of nitriles is 1. The van der Waals surface area contributed by atoms with E-state index < -0.39 is 0 Å². The Morgan fingerprint density at radius 3 is 3.00 bits per heavy atom. The van der Waals surface area contributed by atoms with E-state index >= 15 is 0 Å². The Hall–Kier alpha value is -2.10. The van der Waals surface area contributed by atoms with Crippen LogP contribution in [0.25, 0.3) is 0 Å². The summed E-state index contributed by atoms with van der Waals surface area (Å²) in [5.41, 5.74) is 0.954. The zero-order chi connectivity index (χ0) is 15.6. The topological polar surface area (TPSA) is 74.6 Å². The molecule has 1 saturated heterocycles. The fourth-order valence-electron chi connectivity index (χ4n) is 2.20. The van der Waals surface area contributed by atoms with Gasteiger partial charge in [-0.25, -0.2) is 0 Å². The van der Waals surface area contributed by atoms with Crippen molar-refractivity contribution in [3.63, 3.8) is 0 Å². The van der Waals surface area contributed by atoms with Crippen LogP contribution in [0.3, 0.4) is 0 Å². The van der Waals surface area contributed by atoms with Crippen LogP contribution in [0.5, 0.6) is 5.75 Å². The van der Waals surface area contributed by atoms with Gasteiger partial charge in [0.25, 0.3) is 0 Å². The maximum absolute atomic E-state index is 11.3. The SMILES string of the molecule is N#CCC(=O)NCc1cccc(OCCN2CCOCC2)c1. The summed E-state index contributed by atoms with van der Waals surface area (Å²) < 4.78 is 11.1. The molecular weight excluding hydrogens is 282 g/mol. The molecule has 1 aromatic carbocycles. The summed E-state index contributed by atoms with van der Waals surface area (Å²) in [5.74, 6) is 0.529. The Balaban J connectivity index is 1.73. The molecule has 0 unspecified atom stereocenters. The smallest absolute Gasteiger partial charge is 0.234 e. The minimum atomic E-state index is -0.263. The average molecular weight is 303 g/mol. The number of hydrogen-bond donors (Lipinski definition) is 1. The van der Waals surface area contributed by atoms with Crippen molar-refractivity contribution in [3.8, 4) is 11.8 Å². The first kappa shape index (κ1) is 16.3. The second-order valence-corrected chi connectivity index (χ2v) is 5.06. The molecule has 6 nitrogen and oxygen atoms in total. The molecule has 0 atom stereocenters. The summed E-state index contributed by atoms with van der Waals surface area (Å²) in [4.78, 5) is 13.6. The predicted molar refractivity (Wildman–Crippen MR) is 81.3 cm³/mol. The van der Waals surface area contributed by atoms with Crippen molar-refractivity contribution in [3.05, 3.63) is 29.8 Å². The molecule has 0 aliphatic carbocycles. The molecule has 1 fully saturated rings. The molecule has 1 aliphatic heterocycles. The third kappa shape index (κ3) is 5.72. The molecule has 1 heterocycles. The number of hydrogen-bond acceptors (Lipinski definition) is 5. The third-order valence-corrected chi connectivity index (χ3v) is 3.41. The maximum atomic E-state index is 11.3. The Labute approximate surface area is 130 Å². The Kier molecular flexibility index (Phi) is 6.68. The van der Waals surface area contributed by atoms with E-state index in [4.69, 9.17) is 14.7 Å². The zero-order valence-electron chi connectivity index (χ0n) is 12.6. The molecule has 1 aromatic rings. The largest absolute Gasteiger partial charge is 0.492 e. The highest BCUT2D eigenvalue weighted by molar-refractivity contribution is 5.77.